The Kier molecular flexibility index (Phi) is 2.77. The molecule has 4 heteroatoms. The number of carbonyl (C=O) groups is 1. The van der Waals surface area contributed by atoms with E-state index in [4.69, 9.17) is 4.74 Å². The summed E-state index contributed by atoms with van der Waals surface area (Å²) in [5.41, 5.74) is -0.0253. The molecule has 1 aromatic rings. The highest BCUT2D eigenvalue weighted by molar-refractivity contribution is 9.11. The molecule has 1 aliphatic rings. The molecule has 1 saturated heterocycles. The lowest BCUT2D eigenvalue weighted by Crippen LogP contribution is -2.47. The fourth-order valence-electron chi connectivity index (χ4n) is 1.76. The number of thiophene rings is 1. The standard InChI is InChI=1S/C10H11BrO2S/c1-7(12)4-10(5-13-6-10)8-2-3-9(11)14-8/h2-3H,4-6H2,1H3. The first-order valence-corrected chi connectivity index (χ1v) is 6.06. The van der Waals surface area contributed by atoms with E-state index in [9.17, 15) is 4.79 Å². The van der Waals surface area contributed by atoms with Gasteiger partial charge >= 0.3 is 0 Å². The summed E-state index contributed by atoms with van der Waals surface area (Å²) in [4.78, 5) is 12.4. The quantitative estimate of drug-likeness (QED) is 0.847. The van der Waals surface area contributed by atoms with Gasteiger partial charge in [-0.25, -0.2) is 0 Å². The number of ether oxygens (including phenoxy) is 1. The Bertz CT molecular complexity index is 355. The fourth-order valence-corrected chi connectivity index (χ4v) is 3.30. The number of Topliss-reactive ketones (excluding diaryl/α,β-unsaturated/α-hetero) is 1. The monoisotopic (exact) mass is 274 g/mol. The molecule has 0 amide bonds. The molecule has 0 aromatic carbocycles. The lowest BCUT2D eigenvalue weighted by Gasteiger charge is -2.40. The molecule has 2 heterocycles. The summed E-state index contributed by atoms with van der Waals surface area (Å²) in [7, 11) is 0. The summed E-state index contributed by atoms with van der Waals surface area (Å²) in [6.45, 7) is 3.00. The van der Waals surface area contributed by atoms with Gasteiger partial charge in [0.25, 0.3) is 0 Å². The molecule has 0 spiro atoms. The Morgan fingerprint density at radius 2 is 2.36 bits per heavy atom. The summed E-state index contributed by atoms with van der Waals surface area (Å²) in [5, 5.41) is 0. The zero-order chi connectivity index (χ0) is 10.2. The van der Waals surface area contributed by atoms with Crippen molar-refractivity contribution in [2.24, 2.45) is 0 Å². The number of carbonyl (C=O) groups excluding carboxylic acids is 1. The van der Waals surface area contributed by atoms with Crippen LogP contribution in [-0.4, -0.2) is 19.0 Å². The van der Waals surface area contributed by atoms with Crippen molar-refractivity contribution in [2.75, 3.05) is 13.2 Å². The maximum Gasteiger partial charge on any atom is 0.130 e. The number of rotatable bonds is 3. The minimum atomic E-state index is -0.0253. The van der Waals surface area contributed by atoms with Gasteiger partial charge in [0.1, 0.15) is 5.78 Å². The molecule has 1 fully saturated rings. The summed E-state index contributed by atoms with van der Waals surface area (Å²) in [5.74, 6) is 0.234. The van der Waals surface area contributed by atoms with Crippen molar-refractivity contribution < 1.29 is 9.53 Å². The van der Waals surface area contributed by atoms with Crippen molar-refractivity contribution in [3.05, 3.63) is 20.8 Å². The van der Waals surface area contributed by atoms with Crippen molar-refractivity contribution in [3.8, 4) is 0 Å². The molecule has 0 bridgehead atoms. The van der Waals surface area contributed by atoms with Crippen molar-refractivity contribution in [3.63, 3.8) is 0 Å². The van der Waals surface area contributed by atoms with E-state index in [-0.39, 0.29) is 11.2 Å². The van der Waals surface area contributed by atoms with Crippen molar-refractivity contribution in [1.29, 1.82) is 0 Å². The van der Waals surface area contributed by atoms with Crippen LogP contribution in [0.25, 0.3) is 0 Å². The first kappa shape index (κ1) is 10.3. The number of hydrogen-bond acceptors (Lipinski definition) is 3. The van der Waals surface area contributed by atoms with Crippen LogP contribution in [0, 0.1) is 0 Å². The number of hydrogen-bond donors (Lipinski definition) is 0. The number of halogens is 1. The first-order valence-electron chi connectivity index (χ1n) is 4.45. The fraction of sp³-hybridized carbons (Fsp3) is 0.500. The highest BCUT2D eigenvalue weighted by Gasteiger charge is 2.42. The summed E-state index contributed by atoms with van der Waals surface area (Å²) in [6.07, 6.45) is 0.597. The Labute approximate surface area is 95.4 Å². The average Bonchev–Trinajstić information content (AvgIpc) is 2.44. The van der Waals surface area contributed by atoms with Gasteiger partial charge in [0.05, 0.1) is 22.4 Å². The van der Waals surface area contributed by atoms with Gasteiger partial charge in [-0.2, -0.15) is 0 Å². The molecule has 1 aromatic heterocycles. The molecule has 0 radical (unpaired) electrons. The topological polar surface area (TPSA) is 26.3 Å². The van der Waals surface area contributed by atoms with Gasteiger partial charge in [0.15, 0.2) is 0 Å². The van der Waals surface area contributed by atoms with E-state index in [1.807, 2.05) is 6.07 Å². The molecule has 2 nitrogen and oxygen atoms in total. The highest BCUT2D eigenvalue weighted by atomic mass is 79.9. The largest absolute Gasteiger partial charge is 0.379 e. The van der Waals surface area contributed by atoms with Crippen LogP contribution in [0.5, 0.6) is 0 Å². The van der Waals surface area contributed by atoms with Gasteiger partial charge in [-0.1, -0.05) is 0 Å². The van der Waals surface area contributed by atoms with Crippen molar-refractivity contribution in [2.45, 2.75) is 18.8 Å². The van der Waals surface area contributed by atoms with Gasteiger partial charge < -0.3 is 4.74 Å². The molecule has 0 aliphatic carbocycles. The predicted molar refractivity (Wildman–Crippen MR) is 59.8 cm³/mol. The summed E-state index contributed by atoms with van der Waals surface area (Å²) in [6, 6.07) is 4.11. The SMILES string of the molecule is CC(=O)CC1(c2ccc(Br)s2)COC1. The van der Waals surface area contributed by atoms with Crippen LogP contribution in [-0.2, 0) is 14.9 Å². The van der Waals surface area contributed by atoms with E-state index >= 15 is 0 Å². The first-order chi connectivity index (χ1) is 6.62. The third-order valence-corrected chi connectivity index (χ3v) is 4.31. The molecular weight excluding hydrogens is 264 g/mol. The molecule has 76 valence electrons. The third kappa shape index (κ3) is 1.78. The van der Waals surface area contributed by atoms with Gasteiger partial charge in [-0.3, -0.25) is 4.79 Å². The van der Waals surface area contributed by atoms with Crippen molar-refractivity contribution in [1.82, 2.24) is 0 Å². The van der Waals surface area contributed by atoms with Crippen LogP contribution in [0.15, 0.2) is 15.9 Å². The Hall–Kier alpha value is -0.190. The lowest BCUT2D eigenvalue weighted by molar-refractivity contribution is -0.125. The molecular formula is C10H11BrO2S. The molecule has 1 aliphatic heterocycles. The average molecular weight is 275 g/mol. The Morgan fingerprint density at radius 3 is 2.71 bits per heavy atom. The third-order valence-electron chi connectivity index (χ3n) is 2.44. The van der Waals surface area contributed by atoms with E-state index in [2.05, 4.69) is 22.0 Å². The van der Waals surface area contributed by atoms with E-state index in [1.165, 1.54) is 4.88 Å². The second-order valence-electron chi connectivity index (χ2n) is 3.76. The second kappa shape index (κ2) is 3.76. The predicted octanol–water partition coefficient (Wildman–Crippen LogP) is 2.76. The van der Waals surface area contributed by atoms with Crippen LogP contribution < -0.4 is 0 Å². The molecule has 0 unspecified atom stereocenters. The van der Waals surface area contributed by atoms with Gasteiger partial charge in [-0.05, 0) is 35.0 Å². The maximum atomic E-state index is 11.2. The Morgan fingerprint density at radius 1 is 1.64 bits per heavy atom. The van der Waals surface area contributed by atoms with Crippen LogP contribution >= 0.6 is 27.3 Å². The van der Waals surface area contributed by atoms with Crippen molar-refractivity contribution >= 4 is 33.0 Å². The highest BCUT2D eigenvalue weighted by Crippen LogP contribution is 2.40. The van der Waals surface area contributed by atoms with E-state index < -0.39 is 0 Å². The van der Waals surface area contributed by atoms with Crippen LogP contribution in [0.3, 0.4) is 0 Å². The summed E-state index contributed by atoms with van der Waals surface area (Å²) < 4.78 is 6.36. The smallest absolute Gasteiger partial charge is 0.130 e. The molecule has 0 saturated carbocycles. The molecule has 2 rings (SSSR count). The normalized spacial score (nSPS) is 19.0. The minimum Gasteiger partial charge on any atom is -0.379 e. The maximum absolute atomic E-state index is 11.2. The van der Waals surface area contributed by atoms with E-state index in [0.717, 1.165) is 3.79 Å². The molecule has 0 N–H and O–H groups in total. The second-order valence-corrected chi connectivity index (χ2v) is 6.22. The minimum absolute atomic E-state index is 0.0253. The van der Waals surface area contributed by atoms with Gasteiger partial charge in [-0.15, -0.1) is 11.3 Å². The van der Waals surface area contributed by atoms with Crippen LogP contribution in [0.2, 0.25) is 0 Å². The summed E-state index contributed by atoms with van der Waals surface area (Å²) >= 11 is 5.13. The molecule has 0 atom stereocenters. The Balaban J connectivity index is 2.24. The number of ketones is 1. The zero-order valence-electron chi connectivity index (χ0n) is 7.88. The van der Waals surface area contributed by atoms with Gasteiger partial charge in [0, 0.05) is 11.3 Å². The van der Waals surface area contributed by atoms with Crippen LogP contribution in [0.4, 0.5) is 0 Å². The van der Waals surface area contributed by atoms with E-state index in [0.29, 0.717) is 19.6 Å². The lowest BCUT2D eigenvalue weighted by atomic mass is 9.80. The molecule has 14 heavy (non-hydrogen) atoms. The van der Waals surface area contributed by atoms with Crippen LogP contribution in [0.1, 0.15) is 18.2 Å². The van der Waals surface area contributed by atoms with Gasteiger partial charge in [0.2, 0.25) is 0 Å². The zero-order valence-corrected chi connectivity index (χ0v) is 10.3. The van der Waals surface area contributed by atoms with E-state index in [1.54, 1.807) is 18.3 Å².